The largest absolute Gasteiger partial charge is 0.394 e. The number of carbonyl (C=O) groups is 1. The van der Waals surface area contributed by atoms with Crippen LogP contribution in [0.1, 0.15) is 36.9 Å². The Morgan fingerprint density at radius 2 is 2.33 bits per heavy atom. The van der Waals surface area contributed by atoms with E-state index in [9.17, 15) is 9.90 Å². The van der Waals surface area contributed by atoms with E-state index in [1.54, 1.807) is 4.90 Å². The minimum atomic E-state index is -0.119. The standard InChI is InChI=1S/C14H24N4O2S/c1-8(2)6-16-14-17-12(15)11(21-14)13(20)18-5-4-9(3)10(18)7-19/h8-10,19H,4-7,15H2,1-3H3,(H,16,17). The molecular weight excluding hydrogens is 288 g/mol. The van der Waals surface area contributed by atoms with Crippen LogP contribution in [0.3, 0.4) is 0 Å². The molecule has 7 heteroatoms. The van der Waals surface area contributed by atoms with Gasteiger partial charge in [0.1, 0.15) is 10.7 Å². The molecule has 2 rings (SSSR count). The van der Waals surface area contributed by atoms with Crippen LogP contribution in [0.2, 0.25) is 0 Å². The Morgan fingerprint density at radius 1 is 1.62 bits per heavy atom. The lowest BCUT2D eigenvalue weighted by molar-refractivity contribution is 0.0654. The zero-order valence-corrected chi connectivity index (χ0v) is 13.6. The van der Waals surface area contributed by atoms with Gasteiger partial charge in [-0.25, -0.2) is 4.98 Å². The molecule has 1 fully saturated rings. The molecule has 1 aliphatic heterocycles. The molecule has 1 aliphatic rings. The molecule has 2 atom stereocenters. The zero-order chi connectivity index (χ0) is 15.6. The van der Waals surface area contributed by atoms with E-state index in [0.717, 1.165) is 13.0 Å². The van der Waals surface area contributed by atoms with Crippen LogP contribution in [0.15, 0.2) is 0 Å². The summed E-state index contributed by atoms with van der Waals surface area (Å²) in [5.41, 5.74) is 5.89. The molecule has 1 aromatic rings. The lowest BCUT2D eigenvalue weighted by Crippen LogP contribution is -2.39. The molecule has 1 amide bonds. The van der Waals surface area contributed by atoms with Gasteiger partial charge in [0.2, 0.25) is 0 Å². The highest BCUT2D eigenvalue weighted by atomic mass is 32.1. The molecular formula is C14H24N4O2S. The third-order valence-electron chi connectivity index (χ3n) is 3.84. The van der Waals surface area contributed by atoms with Crippen molar-refractivity contribution in [1.82, 2.24) is 9.88 Å². The summed E-state index contributed by atoms with van der Waals surface area (Å²) in [6, 6.07) is -0.119. The van der Waals surface area contributed by atoms with E-state index in [4.69, 9.17) is 5.73 Å². The predicted octanol–water partition coefficient (Wildman–Crippen LogP) is 1.64. The Kier molecular flexibility index (Phi) is 5.05. The fourth-order valence-corrected chi connectivity index (χ4v) is 3.37. The molecule has 0 aromatic carbocycles. The fourth-order valence-electron chi connectivity index (χ4n) is 2.52. The number of nitrogens with one attached hydrogen (secondary N) is 1. The summed E-state index contributed by atoms with van der Waals surface area (Å²) in [6.07, 6.45) is 0.911. The lowest BCUT2D eigenvalue weighted by Gasteiger charge is -2.24. The van der Waals surface area contributed by atoms with E-state index in [-0.39, 0.29) is 24.4 Å². The highest BCUT2D eigenvalue weighted by molar-refractivity contribution is 7.18. The van der Waals surface area contributed by atoms with Gasteiger partial charge >= 0.3 is 0 Å². The van der Waals surface area contributed by atoms with Crippen LogP contribution in [-0.2, 0) is 0 Å². The summed E-state index contributed by atoms with van der Waals surface area (Å²) in [4.78, 5) is 19.0. The second-order valence-corrected chi connectivity index (χ2v) is 7.02. The van der Waals surface area contributed by atoms with Crippen LogP contribution in [0.5, 0.6) is 0 Å². The van der Waals surface area contributed by atoms with Crippen molar-refractivity contribution in [2.45, 2.75) is 33.2 Å². The van der Waals surface area contributed by atoms with Gasteiger partial charge in [-0.05, 0) is 18.3 Å². The van der Waals surface area contributed by atoms with Gasteiger partial charge in [0.05, 0.1) is 12.6 Å². The molecule has 21 heavy (non-hydrogen) atoms. The zero-order valence-electron chi connectivity index (χ0n) is 12.8. The van der Waals surface area contributed by atoms with E-state index in [1.807, 2.05) is 0 Å². The minimum Gasteiger partial charge on any atom is -0.394 e. The van der Waals surface area contributed by atoms with Crippen molar-refractivity contribution in [3.63, 3.8) is 0 Å². The van der Waals surface area contributed by atoms with Crippen molar-refractivity contribution in [2.75, 3.05) is 30.7 Å². The van der Waals surface area contributed by atoms with Crippen molar-refractivity contribution >= 4 is 28.2 Å². The molecule has 0 saturated carbocycles. The quantitative estimate of drug-likeness (QED) is 0.769. The van der Waals surface area contributed by atoms with E-state index < -0.39 is 0 Å². The maximum absolute atomic E-state index is 12.6. The first-order valence-corrected chi connectivity index (χ1v) is 8.17. The number of thiazole rings is 1. The van der Waals surface area contributed by atoms with Gasteiger partial charge in [0, 0.05) is 13.1 Å². The molecule has 0 spiro atoms. The molecule has 0 bridgehead atoms. The molecule has 2 unspecified atom stereocenters. The third kappa shape index (κ3) is 3.47. The van der Waals surface area contributed by atoms with Gasteiger partial charge in [-0.1, -0.05) is 32.1 Å². The average molecular weight is 312 g/mol. The smallest absolute Gasteiger partial charge is 0.268 e. The highest BCUT2D eigenvalue weighted by Crippen LogP contribution is 2.31. The van der Waals surface area contributed by atoms with E-state index in [1.165, 1.54) is 11.3 Å². The number of hydrogen-bond acceptors (Lipinski definition) is 6. The van der Waals surface area contributed by atoms with Gasteiger partial charge < -0.3 is 21.1 Å². The number of carbonyl (C=O) groups excluding carboxylic acids is 1. The summed E-state index contributed by atoms with van der Waals surface area (Å²) in [5.74, 6) is 0.956. The van der Waals surface area contributed by atoms with E-state index >= 15 is 0 Å². The molecule has 4 N–H and O–H groups in total. The SMILES string of the molecule is CC(C)CNc1nc(N)c(C(=O)N2CCC(C)C2CO)s1. The van der Waals surface area contributed by atoms with Crippen molar-refractivity contribution in [1.29, 1.82) is 0 Å². The maximum Gasteiger partial charge on any atom is 0.268 e. The number of nitrogens with two attached hydrogens (primary N) is 1. The molecule has 6 nitrogen and oxygen atoms in total. The molecule has 1 saturated heterocycles. The third-order valence-corrected chi connectivity index (χ3v) is 4.86. The second-order valence-electron chi connectivity index (χ2n) is 6.02. The lowest BCUT2D eigenvalue weighted by atomic mass is 10.0. The minimum absolute atomic E-state index is 0.00985. The number of aromatic nitrogens is 1. The van der Waals surface area contributed by atoms with Crippen LogP contribution in [-0.4, -0.2) is 46.6 Å². The van der Waals surface area contributed by atoms with Crippen LogP contribution < -0.4 is 11.1 Å². The Bertz CT molecular complexity index is 503. The second kappa shape index (κ2) is 6.62. The van der Waals surface area contributed by atoms with Crippen LogP contribution in [0, 0.1) is 11.8 Å². The van der Waals surface area contributed by atoms with Gasteiger partial charge in [-0.15, -0.1) is 0 Å². The topological polar surface area (TPSA) is 91.5 Å². The Labute approximate surface area is 129 Å². The number of likely N-dealkylation sites (tertiary alicyclic amines) is 1. The summed E-state index contributed by atoms with van der Waals surface area (Å²) in [6.45, 7) is 7.71. The molecule has 0 aliphatic carbocycles. The number of nitrogens with zero attached hydrogens (tertiary/aromatic N) is 2. The molecule has 1 aromatic heterocycles. The first kappa shape index (κ1) is 16.0. The summed E-state index contributed by atoms with van der Waals surface area (Å²) >= 11 is 1.29. The van der Waals surface area contributed by atoms with Crippen molar-refractivity contribution < 1.29 is 9.90 Å². The van der Waals surface area contributed by atoms with Gasteiger partial charge in [-0.2, -0.15) is 0 Å². The summed E-state index contributed by atoms with van der Waals surface area (Å²) in [7, 11) is 0. The number of aliphatic hydroxyl groups is 1. The number of hydrogen-bond donors (Lipinski definition) is 3. The van der Waals surface area contributed by atoms with Crippen LogP contribution in [0.25, 0.3) is 0 Å². The number of amides is 1. The van der Waals surface area contributed by atoms with Crippen LogP contribution in [0.4, 0.5) is 10.9 Å². The van der Waals surface area contributed by atoms with E-state index in [0.29, 0.717) is 28.4 Å². The Balaban J connectivity index is 2.12. The first-order chi connectivity index (χ1) is 9.93. The van der Waals surface area contributed by atoms with Crippen molar-refractivity contribution in [3.8, 4) is 0 Å². The molecule has 2 heterocycles. The maximum atomic E-state index is 12.6. The predicted molar refractivity (Wildman–Crippen MR) is 85.5 cm³/mol. The van der Waals surface area contributed by atoms with Crippen molar-refractivity contribution in [2.24, 2.45) is 11.8 Å². The average Bonchev–Trinajstić information content (AvgIpc) is 2.98. The van der Waals surface area contributed by atoms with Crippen molar-refractivity contribution in [3.05, 3.63) is 4.88 Å². The highest BCUT2D eigenvalue weighted by Gasteiger charge is 2.35. The monoisotopic (exact) mass is 312 g/mol. The summed E-state index contributed by atoms with van der Waals surface area (Å²) < 4.78 is 0. The number of rotatable bonds is 5. The Hall–Kier alpha value is -1.34. The van der Waals surface area contributed by atoms with Gasteiger partial charge in [-0.3, -0.25) is 4.79 Å². The molecule has 118 valence electrons. The van der Waals surface area contributed by atoms with Gasteiger partial charge in [0.25, 0.3) is 5.91 Å². The Morgan fingerprint density at radius 3 is 2.95 bits per heavy atom. The number of nitrogen functional groups attached to an aromatic ring is 1. The van der Waals surface area contributed by atoms with Gasteiger partial charge in [0.15, 0.2) is 5.13 Å². The first-order valence-electron chi connectivity index (χ1n) is 7.36. The van der Waals surface area contributed by atoms with Crippen LogP contribution >= 0.6 is 11.3 Å². The number of anilines is 2. The fraction of sp³-hybridized carbons (Fsp3) is 0.714. The molecule has 0 radical (unpaired) electrons. The summed E-state index contributed by atoms with van der Waals surface area (Å²) in [5, 5.41) is 13.3. The normalized spacial score (nSPS) is 22.0. The number of aliphatic hydroxyl groups excluding tert-OH is 1. The van der Waals surface area contributed by atoms with E-state index in [2.05, 4.69) is 31.1 Å².